The van der Waals surface area contributed by atoms with Crippen molar-refractivity contribution in [3.05, 3.63) is 0 Å². The van der Waals surface area contributed by atoms with Crippen LogP contribution in [0.3, 0.4) is 0 Å². The zero-order valence-electron chi connectivity index (χ0n) is 12.0. The second-order valence-corrected chi connectivity index (χ2v) is 6.46. The van der Waals surface area contributed by atoms with E-state index in [1.807, 2.05) is 13.8 Å². The van der Waals surface area contributed by atoms with Crippen molar-refractivity contribution in [1.82, 2.24) is 4.72 Å². The Morgan fingerprint density at radius 1 is 1.42 bits per heavy atom. The summed E-state index contributed by atoms with van der Waals surface area (Å²) in [7, 11) is -3.56. The number of amidine groups is 1. The zero-order valence-corrected chi connectivity index (χ0v) is 12.8. The van der Waals surface area contributed by atoms with Gasteiger partial charge < -0.3 is 15.7 Å². The number of nitrogens with one attached hydrogen (secondary N) is 1. The minimum atomic E-state index is -3.56. The molecule has 0 saturated carbocycles. The summed E-state index contributed by atoms with van der Waals surface area (Å²) in [5, 5.41) is 11.7. The number of ether oxygens (including phenoxy) is 1. The highest BCUT2D eigenvalue weighted by Gasteiger charge is 2.35. The largest absolute Gasteiger partial charge is 0.409 e. The van der Waals surface area contributed by atoms with Gasteiger partial charge in [-0.1, -0.05) is 19.0 Å². The lowest BCUT2D eigenvalue weighted by atomic mass is 9.93. The smallest absolute Gasteiger partial charge is 0.214 e. The summed E-state index contributed by atoms with van der Waals surface area (Å²) in [4.78, 5) is 0. The van der Waals surface area contributed by atoms with Gasteiger partial charge in [0.2, 0.25) is 10.0 Å². The Bertz CT molecular complexity index is 389. The number of hydrogen-bond donors (Lipinski definition) is 3. The lowest BCUT2D eigenvalue weighted by Gasteiger charge is -2.30. The molecule has 0 fully saturated rings. The molecule has 7 nitrogen and oxygen atoms in total. The maximum atomic E-state index is 12.0. The number of sulfonamides is 1. The normalized spacial score (nSPS) is 14.1. The lowest BCUT2D eigenvalue weighted by Crippen LogP contribution is -2.57. The minimum absolute atomic E-state index is 0.0265. The standard InChI is InChI=1S/C11H25N3O4S/c1-5-11(6-2,10(12)13-15)14-19(16,17)8-7-18-9(3)4/h9,14-15H,5-8H2,1-4H3,(H2,12,13). The highest BCUT2D eigenvalue weighted by atomic mass is 32.2. The fourth-order valence-electron chi connectivity index (χ4n) is 1.65. The van der Waals surface area contributed by atoms with Gasteiger partial charge in [0.1, 0.15) is 0 Å². The van der Waals surface area contributed by atoms with Crippen LogP contribution in [0.5, 0.6) is 0 Å². The van der Waals surface area contributed by atoms with Crippen LogP contribution in [0.2, 0.25) is 0 Å². The van der Waals surface area contributed by atoms with E-state index in [0.29, 0.717) is 12.8 Å². The first kappa shape index (κ1) is 18.1. The molecule has 0 aliphatic carbocycles. The summed E-state index contributed by atoms with van der Waals surface area (Å²) < 4.78 is 31.7. The Labute approximate surface area is 115 Å². The average molecular weight is 295 g/mol. The maximum Gasteiger partial charge on any atom is 0.214 e. The average Bonchev–Trinajstić information content (AvgIpc) is 2.34. The number of nitrogens with zero attached hydrogens (tertiary/aromatic N) is 1. The molecule has 8 heteroatoms. The molecule has 0 rings (SSSR count). The molecule has 0 bridgehead atoms. The van der Waals surface area contributed by atoms with Crippen LogP contribution in [0.1, 0.15) is 40.5 Å². The Morgan fingerprint density at radius 2 is 1.95 bits per heavy atom. The fraction of sp³-hybridized carbons (Fsp3) is 0.909. The van der Waals surface area contributed by atoms with E-state index in [2.05, 4.69) is 9.88 Å². The molecule has 0 spiro atoms. The summed E-state index contributed by atoms with van der Waals surface area (Å²) in [5.74, 6) is -0.295. The van der Waals surface area contributed by atoms with Gasteiger partial charge in [0.25, 0.3) is 0 Å². The fourth-order valence-corrected chi connectivity index (χ4v) is 3.05. The Hall–Kier alpha value is -0.860. The Balaban J connectivity index is 4.85. The molecule has 0 aromatic heterocycles. The van der Waals surface area contributed by atoms with Gasteiger partial charge in [-0.2, -0.15) is 0 Å². The van der Waals surface area contributed by atoms with E-state index in [-0.39, 0.29) is 24.3 Å². The van der Waals surface area contributed by atoms with Gasteiger partial charge in [0, 0.05) is 0 Å². The van der Waals surface area contributed by atoms with Crippen LogP contribution < -0.4 is 10.5 Å². The predicted molar refractivity (Wildman–Crippen MR) is 74.7 cm³/mol. The van der Waals surface area contributed by atoms with Crippen molar-refractivity contribution in [2.75, 3.05) is 12.4 Å². The second-order valence-electron chi connectivity index (χ2n) is 4.61. The molecule has 0 unspecified atom stereocenters. The van der Waals surface area contributed by atoms with E-state index in [0.717, 1.165) is 0 Å². The van der Waals surface area contributed by atoms with Crippen LogP contribution in [0.4, 0.5) is 0 Å². The van der Waals surface area contributed by atoms with Gasteiger partial charge in [-0.15, -0.1) is 0 Å². The van der Waals surface area contributed by atoms with Crippen molar-refractivity contribution < 1.29 is 18.4 Å². The zero-order chi connectivity index (χ0) is 15.1. The maximum absolute atomic E-state index is 12.0. The van der Waals surface area contributed by atoms with Gasteiger partial charge in [-0.05, 0) is 26.7 Å². The molecule has 0 radical (unpaired) electrons. The molecule has 0 aliphatic rings. The van der Waals surface area contributed by atoms with Crippen LogP contribution in [0.25, 0.3) is 0 Å². The van der Waals surface area contributed by atoms with Crippen molar-refractivity contribution in [2.24, 2.45) is 10.9 Å². The van der Waals surface area contributed by atoms with Gasteiger partial charge in [-0.25, -0.2) is 13.1 Å². The molecule has 0 aromatic carbocycles. The van der Waals surface area contributed by atoms with Gasteiger partial charge in [0.15, 0.2) is 5.84 Å². The highest BCUT2D eigenvalue weighted by molar-refractivity contribution is 7.89. The van der Waals surface area contributed by atoms with Crippen LogP contribution in [-0.4, -0.2) is 43.5 Å². The first-order valence-electron chi connectivity index (χ1n) is 6.34. The minimum Gasteiger partial charge on any atom is -0.409 e. The number of rotatable bonds is 9. The van der Waals surface area contributed by atoms with Gasteiger partial charge >= 0.3 is 0 Å². The van der Waals surface area contributed by atoms with E-state index in [4.69, 9.17) is 15.7 Å². The first-order valence-corrected chi connectivity index (χ1v) is 7.99. The first-order chi connectivity index (χ1) is 8.73. The van der Waals surface area contributed by atoms with Crippen molar-refractivity contribution in [3.63, 3.8) is 0 Å². The van der Waals surface area contributed by atoms with Crippen LogP contribution in [0.15, 0.2) is 5.16 Å². The van der Waals surface area contributed by atoms with Gasteiger partial charge in [-0.3, -0.25) is 0 Å². The summed E-state index contributed by atoms with van der Waals surface area (Å²) in [6.07, 6.45) is 0.759. The third kappa shape index (κ3) is 5.75. The van der Waals surface area contributed by atoms with Gasteiger partial charge in [0.05, 0.1) is 24.0 Å². The van der Waals surface area contributed by atoms with Crippen LogP contribution in [0, 0.1) is 0 Å². The van der Waals surface area contributed by atoms with Crippen LogP contribution >= 0.6 is 0 Å². The lowest BCUT2D eigenvalue weighted by molar-refractivity contribution is 0.0911. The monoisotopic (exact) mass is 295 g/mol. The molecule has 0 aromatic rings. The van der Waals surface area contributed by atoms with E-state index in [1.54, 1.807) is 13.8 Å². The van der Waals surface area contributed by atoms with E-state index < -0.39 is 15.6 Å². The third-order valence-corrected chi connectivity index (χ3v) is 4.37. The second kappa shape index (κ2) is 7.66. The summed E-state index contributed by atoms with van der Waals surface area (Å²) in [6, 6.07) is 0. The molecule has 0 heterocycles. The predicted octanol–water partition coefficient (Wildman–Crippen LogP) is 0.636. The SMILES string of the molecule is CCC(CC)(NS(=O)(=O)CCOC(C)C)C(N)=NO. The van der Waals surface area contributed by atoms with Crippen molar-refractivity contribution in [3.8, 4) is 0 Å². The number of oxime groups is 1. The summed E-state index contributed by atoms with van der Waals surface area (Å²) >= 11 is 0. The van der Waals surface area contributed by atoms with E-state index in [1.165, 1.54) is 0 Å². The summed E-state index contributed by atoms with van der Waals surface area (Å²) in [5.41, 5.74) is 4.55. The number of hydrogen-bond acceptors (Lipinski definition) is 5. The van der Waals surface area contributed by atoms with Crippen molar-refractivity contribution in [2.45, 2.75) is 52.2 Å². The highest BCUT2D eigenvalue weighted by Crippen LogP contribution is 2.17. The number of nitrogens with two attached hydrogens (primary N) is 1. The molecular formula is C11H25N3O4S. The molecule has 114 valence electrons. The van der Waals surface area contributed by atoms with E-state index >= 15 is 0 Å². The molecule has 0 amide bonds. The Morgan fingerprint density at radius 3 is 2.32 bits per heavy atom. The molecule has 0 aliphatic heterocycles. The van der Waals surface area contributed by atoms with Crippen molar-refractivity contribution in [1.29, 1.82) is 0 Å². The topological polar surface area (TPSA) is 114 Å². The summed E-state index contributed by atoms with van der Waals surface area (Å²) in [6.45, 7) is 7.31. The van der Waals surface area contributed by atoms with E-state index in [9.17, 15) is 8.42 Å². The molecule has 19 heavy (non-hydrogen) atoms. The molecule has 0 atom stereocenters. The molecular weight excluding hydrogens is 270 g/mol. The quantitative estimate of drug-likeness (QED) is 0.250. The van der Waals surface area contributed by atoms with Crippen molar-refractivity contribution >= 4 is 15.9 Å². The molecule has 4 N–H and O–H groups in total. The van der Waals surface area contributed by atoms with Crippen LogP contribution in [-0.2, 0) is 14.8 Å². The molecule has 0 saturated heterocycles. The Kier molecular flexibility index (Phi) is 7.32. The third-order valence-electron chi connectivity index (χ3n) is 2.96.